The van der Waals surface area contributed by atoms with E-state index in [0.29, 0.717) is 13.0 Å². The lowest BCUT2D eigenvalue weighted by Gasteiger charge is -1.98. The minimum atomic E-state index is -0.308. The van der Waals surface area contributed by atoms with Gasteiger partial charge >= 0.3 is 0 Å². The third-order valence-electron chi connectivity index (χ3n) is 1.22. The highest BCUT2D eigenvalue weighted by Gasteiger charge is 2.10. The zero-order chi connectivity index (χ0) is 9.68. The molecule has 1 aromatic heterocycles. The number of hydrogen-bond acceptors (Lipinski definition) is 5. The van der Waals surface area contributed by atoms with E-state index in [1.54, 1.807) is 0 Å². The Kier molecular flexibility index (Phi) is 4.07. The molecular weight excluding hydrogens is 214 g/mol. The topological polar surface area (TPSA) is 75.1 Å². The van der Waals surface area contributed by atoms with Crippen LogP contribution in [0.2, 0.25) is 4.47 Å². The smallest absolute Gasteiger partial charge is 0.282 e. The summed E-state index contributed by atoms with van der Waals surface area (Å²) in [4.78, 5) is 11.2. The zero-order valence-corrected chi connectivity index (χ0v) is 8.23. The number of nitrogens with zero attached hydrogens (tertiary/aromatic N) is 2. The second-order valence-corrected chi connectivity index (χ2v) is 3.75. The van der Waals surface area contributed by atoms with E-state index in [0.717, 1.165) is 11.3 Å². The van der Waals surface area contributed by atoms with Crippen molar-refractivity contribution >= 4 is 28.8 Å². The molecule has 0 aliphatic rings. The summed E-state index contributed by atoms with van der Waals surface area (Å²) in [6.07, 6.45) is 0.526. The van der Waals surface area contributed by atoms with Gasteiger partial charge in [0.2, 0.25) is 9.47 Å². The van der Waals surface area contributed by atoms with Gasteiger partial charge in [-0.3, -0.25) is 4.79 Å². The number of aliphatic hydroxyl groups excluding tert-OH is 1. The molecule has 0 atom stereocenters. The van der Waals surface area contributed by atoms with E-state index in [2.05, 4.69) is 15.5 Å². The predicted octanol–water partition coefficient (Wildman–Crippen LogP) is 0.304. The van der Waals surface area contributed by atoms with Gasteiger partial charge in [-0.15, -0.1) is 10.2 Å². The molecule has 13 heavy (non-hydrogen) atoms. The first-order chi connectivity index (χ1) is 6.24. The lowest BCUT2D eigenvalue weighted by atomic mass is 10.4. The number of rotatable bonds is 4. The molecule has 0 bridgehead atoms. The fraction of sp³-hybridized carbons (Fsp3) is 0.500. The molecule has 5 nitrogen and oxygen atoms in total. The van der Waals surface area contributed by atoms with E-state index in [1.807, 2.05) is 0 Å². The third-order valence-corrected chi connectivity index (χ3v) is 2.23. The molecule has 1 rings (SSSR count). The Bertz CT molecular complexity index is 291. The quantitative estimate of drug-likeness (QED) is 0.718. The Morgan fingerprint density at radius 3 is 2.92 bits per heavy atom. The number of aromatic nitrogens is 2. The highest BCUT2D eigenvalue weighted by molar-refractivity contribution is 7.17. The van der Waals surface area contributed by atoms with Crippen molar-refractivity contribution in [1.29, 1.82) is 0 Å². The van der Waals surface area contributed by atoms with Crippen molar-refractivity contribution in [2.24, 2.45) is 0 Å². The predicted molar refractivity (Wildman–Crippen MR) is 49.0 cm³/mol. The number of aliphatic hydroxyl groups is 1. The number of carbonyl (C=O) groups excluding carboxylic acids is 1. The van der Waals surface area contributed by atoms with Gasteiger partial charge < -0.3 is 10.4 Å². The van der Waals surface area contributed by atoms with E-state index in [1.165, 1.54) is 0 Å². The Labute approximate surface area is 83.7 Å². The molecule has 0 fully saturated rings. The van der Waals surface area contributed by atoms with Crippen LogP contribution in [0.15, 0.2) is 0 Å². The van der Waals surface area contributed by atoms with Gasteiger partial charge in [0.1, 0.15) is 0 Å². The molecule has 72 valence electrons. The van der Waals surface area contributed by atoms with Gasteiger partial charge in [0.05, 0.1) is 0 Å². The Balaban J connectivity index is 2.40. The van der Waals surface area contributed by atoms with Gasteiger partial charge in [-0.2, -0.15) is 0 Å². The van der Waals surface area contributed by atoms with Crippen LogP contribution < -0.4 is 5.32 Å². The molecule has 0 aliphatic carbocycles. The summed E-state index contributed by atoms with van der Waals surface area (Å²) in [7, 11) is 0. The van der Waals surface area contributed by atoms with Crippen LogP contribution >= 0.6 is 22.9 Å². The van der Waals surface area contributed by atoms with Gasteiger partial charge in [-0.25, -0.2) is 0 Å². The fourth-order valence-electron chi connectivity index (χ4n) is 0.654. The first-order valence-corrected chi connectivity index (χ1v) is 4.81. The number of carbonyl (C=O) groups is 1. The summed E-state index contributed by atoms with van der Waals surface area (Å²) >= 11 is 6.51. The van der Waals surface area contributed by atoms with Crippen LogP contribution in [0.4, 0.5) is 0 Å². The average Bonchev–Trinajstić information content (AvgIpc) is 2.52. The van der Waals surface area contributed by atoms with Gasteiger partial charge in [0.25, 0.3) is 5.91 Å². The van der Waals surface area contributed by atoms with Crippen LogP contribution in [0, 0.1) is 0 Å². The molecule has 2 N–H and O–H groups in total. The number of halogens is 1. The van der Waals surface area contributed by atoms with E-state index in [-0.39, 0.29) is 22.0 Å². The van der Waals surface area contributed by atoms with Crippen LogP contribution in [0.1, 0.15) is 16.2 Å². The van der Waals surface area contributed by atoms with Crippen molar-refractivity contribution in [2.45, 2.75) is 6.42 Å². The third kappa shape index (κ3) is 3.25. The largest absolute Gasteiger partial charge is 0.396 e. The maximum atomic E-state index is 11.2. The number of nitrogens with one attached hydrogen (secondary N) is 1. The van der Waals surface area contributed by atoms with Crippen LogP contribution in [0.5, 0.6) is 0 Å². The van der Waals surface area contributed by atoms with Crippen molar-refractivity contribution in [2.75, 3.05) is 13.2 Å². The summed E-state index contributed by atoms with van der Waals surface area (Å²) in [5.74, 6) is -0.308. The molecule has 0 spiro atoms. The van der Waals surface area contributed by atoms with Gasteiger partial charge in [-0.1, -0.05) is 11.3 Å². The van der Waals surface area contributed by atoms with Crippen molar-refractivity contribution in [1.82, 2.24) is 15.5 Å². The summed E-state index contributed by atoms with van der Waals surface area (Å²) in [6.45, 7) is 0.476. The van der Waals surface area contributed by atoms with E-state index >= 15 is 0 Å². The van der Waals surface area contributed by atoms with Crippen molar-refractivity contribution in [3.63, 3.8) is 0 Å². The monoisotopic (exact) mass is 221 g/mol. The van der Waals surface area contributed by atoms with E-state index < -0.39 is 0 Å². The van der Waals surface area contributed by atoms with Crippen LogP contribution in [0.25, 0.3) is 0 Å². The van der Waals surface area contributed by atoms with E-state index in [9.17, 15) is 4.79 Å². The summed E-state index contributed by atoms with van der Waals surface area (Å²) in [5.41, 5.74) is 0. The van der Waals surface area contributed by atoms with Gasteiger partial charge in [0, 0.05) is 13.2 Å². The fourth-order valence-corrected chi connectivity index (χ4v) is 1.40. The maximum absolute atomic E-state index is 11.2. The second kappa shape index (κ2) is 5.11. The first kappa shape index (κ1) is 10.4. The minimum Gasteiger partial charge on any atom is -0.396 e. The SMILES string of the molecule is O=C(NCCCO)c1nnc(Cl)s1. The van der Waals surface area contributed by atoms with E-state index in [4.69, 9.17) is 16.7 Å². The van der Waals surface area contributed by atoms with Crippen molar-refractivity contribution < 1.29 is 9.90 Å². The lowest BCUT2D eigenvalue weighted by molar-refractivity contribution is 0.0950. The van der Waals surface area contributed by atoms with Crippen molar-refractivity contribution in [3.05, 3.63) is 9.47 Å². The molecule has 0 aromatic carbocycles. The van der Waals surface area contributed by atoms with Gasteiger partial charge in [-0.05, 0) is 18.0 Å². The molecule has 0 radical (unpaired) electrons. The van der Waals surface area contributed by atoms with Crippen LogP contribution in [-0.4, -0.2) is 34.4 Å². The Morgan fingerprint density at radius 1 is 1.62 bits per heavy atom. The molecular formula is C6H8ClN3O2S. The molecule has 1 heterocycles. The normalized spacial score (nSPS) is 10.0. The second-order valence-electron chi connectivity index (χ2n) is 2.19. The minimum absolute atomic E-state index is 0.0527. The highest BCUT2D eigenvalue weighted by atomic mass is 35.5. The van der Waals surface area contributed by atoms with Gasteiger partial charge in [0.15, 0.2) is 0 Å². The maximum Gasteiger partial charge on any atom is 0.282 e. The first-order valence-electron chi connectivity index (χ1n) is 3.62. The Morgan fingerprint density at radius 2 is 2.38 bits per heavy atom. The molecule has 7 heteroatoms. The average molecular weight is 222 g/mol. The summed E-state index contributed by atoms with van der Waals surface area (Å²) in [5, 5.41) is 18.3. The standard InChI is InChI=1S/C6H8ClN3O2S/c7-6-10-9-5(13-6)4(12)8-2-1-3-11/h11H,1-3H2,(H,8,12). The molecule has 1 amide bonds. The molecule has 0 saturated carbocycles. The van der Waals surface area contributed by atoms with Crippen molar-refractivity contribution in [3.8, 4) is 0 Å². The zero-order valence-electron chi connectivity index (χ0n) is 6.66. The molecule has 1 aromatic rings. The summed E-state index contributed by atoms with van der Waals surface area (Å²) in [6, 6.07) is 0. The molecule has 0 saturated heterocycles. The van der Waals surface area contributed by atoms with Crippen LogP contribution in [0.3, 0.4) is 0 Å². The number of hydrogen-bond donors (Lipinski definition) is 2. The highest BCUT2D eigenvalue weighted by Crippen LogP contribution is 2.14. The summed E-state index contributed by atoms with van der Waals surface area (Å²) < 4.78 is 0.243. The Hall–Kier alpha value is -0.720. The van der Waals surface area contributed by atoms with Crippen LogP contribution in [-0.2, 0) is 0 Å². The molecule has 0 unspecified atom stereocenters. The lowest BCUT2D eigenvalue weighted by Crippen LogP contribution is -2.24. The number of amides is 1. The molecule has 0 aliphatic heterocycles.